The number of aryl methyl sites for hydroxylation is 1. The summed E-state index contributed by atoms with van der Waals surface area (Å²) in [4.78, 5) is 36.4. The van der Waals surface area contributed by atoms with Crippen molar-refractivity contribution in [3.05, 3.63) is 41.6 Å². The molecule has 4 N–H and O–H groups in total. The average molecular weight is 573 g/mol. The summed E-state index contributed by atoms with van der Waals surface area (Å²) in [6, 6.07) is 5.51. The number of halogens is 1. The number of benzene rings is 1. The Kier molecular flexibility index (Phi) is 8.82. The van der Waals surface area contributed by atoms with Gasteiger partial charge >= 0.3 is 14.1 Å². The van der Waals surface area contributed by atoms with Gasteiger partial charge in [-0.15, -0.1) is 0 Å². The van der Waals surface area contributed by atoms with Gasteiger partial charge in [-0.1, -0.05) is 17.2 Å². The largest absolute Gasteiger partial charge is 0.544 e. The molecule has 3 aliphatic rings. The van der Waals surface area contributed by atoms with Crippen LogP contribution in [0.1, 0.15) is 37.8 Å². The molecule has 0 spiro atoms. The van der Waals surface area contributed by atoms with Gasteiger partial charge in [0.1, 0.15) is 25.4 Å². The maximum atomic E-state index is 15.9. The fraction of sp³-hybridized carbons (Fsp3) is 0.600. The number of alkyl halides is 1. The molecule has 216 valence electrons. The summed E-state index contributed by atoms with van der Waals surface area (Å²) in [5.41, 5.74) is -0.293. The predicted molar refractivity (Wildman–Crippen MR) is 138 cm³/mol. The van der Waals surface area contributed by atoms with E-state index >= 15 is 4.39 Å². The molecule has 1 fully saturated rings. The number of fused-ring (bicyclic) bond motifs is 1. The summed E-state index contributed by atoms with van der Waals surface area (Å²) >= 11 is 0. The quantitative estimate of drug-likeness (QED) is 0.239. The van der Waals surface area contributed by atoms with Crippen LogP contribution >= 0.6 is 8.09 Å². The van der Waals surface area contributed by atoms with Gasteiger partial charge in [0.2, 0.25) is 11.8 Å². The maximum Gasteiger partial charge on any atom is 0.544 e. The monoisotopic (exact) mass is 572 g/mol. The minimum Gasteiger partial charge on any atom is -0.468 e. The Hall–Kier alpha value is -2.38. The molecule has 0 bridgehead atoms. The van der Waals surface area contributed by atoms with Gasteiger partial charge < -0.3 is 29.5 Å². The summed E-state index contributed by atoms with van der Waals surface area (Å²) in [6.45, 7) is 1.77. The molecule has 1 aromatic rings. The van der Waals surface area contributed by atoms with E-state index in [4.69, 9.17) is 18.5 Å². The van der Waals surface area contributed by atoms with Crippen molar-refractivity contribution in [1.82, 2.24) is 15.3 Å². The van der Waals surface area contributed by atoms with Crippen molar-refractivity contribution in [1.29, 1.82) is 0 Å². The Morgan fingerprint density at radius 3 is 2.77 bits per heavy atom. The fourth-order valence-corrected chi connectivity index (χ4v) is 6.24. The van der Waals surface area contributed by atoms with Crippen molar-refractivity contribution < 1.29 is 47.2 Å². The van der Waals surface area contributed by atoms with Gasteiger partial charge in [0.15, 0.2) is 17.6 Å². The summed E-state index contributed by atoms with van der Waals surface area (Å²) in [7, 11) is -1.45. The highest BCUT2D eigenvalue weighted by Crippen LogP contribution is 2.54. The third-order valence-corrected chi connectivity index (χ3v) is 8.74. The number of aliphatic hydroxyl groups excluding tert-OH is 1. The van der Waals surface area contributed by atoms with E-state index in [2.05, 4.69) is 15.1 Å². The molecule has 0 radical (unpaired) electrons. The lowest BCUT2D eigenvalue weighted by Gasteiger charge is -2.46. The molecule has 1 amide bonds. The van der Waals surface area contributed by atoms with Gasteiger partial charge in [0, 0.05) is 31.9 Å². The van der Waals surface area contributed by atoms with Crippen LogP contribution in [0, 0.1) is 0 Å². The van der Waals surface area contributed by atoms with Gasteiger partial charge in [-0.3, -0.25) is 14.1 Å². The zero-order chi connectivity index (χ0) is 28.4. The lowest BCUT2D eigenvalue weighted by Crippen LogP contribution is -2.66. The number of ether oxygens (including phenoxy) is 3. The van der Waals surface area contributed by atoms with E-state index in [1.165, 1.54) is 38.3 Å². The number of methoxy groups -OCH3 is 2. The van der Waals surface area contributed by atoms with E-state index < -0.39 is 63.1 Å². The number of nitrogens with one attached hydrogen (secondary N) is 2. The first-order valence-corrected chi connectivity index (χ1v) is 14.2. The molecule has 0 aromatic heterocycles. The maximum absolute atomic E-state index is 15.9. The molecule has 6 atom stereocenters. The normalized spacial score (nSPS) is 31.8. The minimum atomic E-state index is -3.99. The number of aliphatic hydroxyl groups is 1. The molecule has 1 saturated heterocycles. The van der Waals surface area contributed by atoms with E-state index in [9.17, 15) is 19.6 Å². The standard InChI is InChI=1S/C25H35FN3O9P/c1-24(26)22(32)19(37-23(24)29-13-12-20(30)28-25(29,2)35-4)15-36-39(33,27-14-21(31)34-3)38-18-11-7-9-16-8-5-6-10-17(16)18/h7,9,11-13,19,22-23,27,32-33H,5-6,8,10,14-15H2,1-4H3/p+1/t19-,22-,23-,24-,25?,39?/m1/s1. The zero-order valence-electron chi connectivity index (χ0n) is 22.4. The number of nitrogens with zero attached hydrogens (tertiary/aromatic N) is 1. The number of carbonyl (C=O) groups excluding carboxylic acids is 2. The van der Waals surface area contributed by atoms with Crippen LogP contribution in [0.25, 0.3) is 0 Å². The minimum absolute atomic E-state index is 0.409. The van der Waals surface area contributed by atoms with E-state index in [0.717, 1.165) is 43.7 Å². The van der Waals surface area contributed by atoms with E-state index in [1.807, 2.05) is 12.1 Å². The molecule has 39 heavy (non-hydrogen) atoms. The van der Waals surface area contributed by atoms with Crippen molar-refractivity contribution >= 4 is 20.0 Å². The number of amides is 1. The van der Waals surface area contributed by atoms with Gasteiger partial charge in [-0.25, -0.2) is 4.39 Å². The Bertz CT molecular complexity index is 1110. The lowest BCUT2D eigenvalue weighted by molar-refractivity contribution is -0.213. The van der Waals surface area contributed by atoms with Crippen LogP contribution in [0.15, 0.2) is 30.5 Å². The summed E-state index contributed by atoms with van der Waals surface area (Å²) in [5.74, 6) is -2.15. The molecular formula is C25H36FN3O9P+. The van der Waals surface area contributed by atoms with Gasteiger partial charge in [0.05, 0.1) is 7.11 Å². The van der Waals surface area contributed by atoms with E-state index in [0.29, 0.717) is 5.75 Å². The molecule has 4 rings (SSSR count). The molecule has 2 unspecified atom stereocenters. The van der Waals surface area contributed by atoms with Crippen LogP contribution in [0.4, 0.5) is 4.39 Å². The molecule has 12 nitrogen and oxygen atoms in total. The second-order valence-corrected chi connectivity index (χ2v) is 11.7. The highest BCUT2D eigenvalue weighted by molar-refractivity contribution is 7.58. The number of esters is 1. The second-order valence-electron chi connectivity index (χ2n) is 9.94. The summed E-state index contributed by atoms with van der Waals surface area (Å²) < 4.78 is 43.5. The van der Waals surface area contributed by atoms with Crippen LogP contribution in [0.2, 0.25) is 0 Å². The third-order valence-electron chi connectivity index (χ3n) is 7.24. The number of hydrogen-bond acceptors (Lipinski definition) is 11. The number of hydrogen-bond donors (Lipinski definition) is 4. The van der Waals surface area contributed by atoms with Crippen LogP contribution < -0.4 is 14.9 Å². The Morgan fingerprint density at radius 1 is 1.31 bits per heavy atom. The van der Waals surface area contributed by atoms with E-state index in [1.54, 1.807) is 6.07 Å². The Labute approximate surface area is 227 Å². The van der Waals surface area contributed by atoms with Crippen molar-refractivity contribution in [2.45, 2.75) is 69.5 Å². The lowest BCUT2D eigenvalue weighted by atomic mass is 9.91. The third kappa shape index (κ3) is 6.19. The first kappa shape index (κ1) is 29.6. The molecule has 1 aliphatic carbocycles. The molecule has 0 saturated carbocycles. The van der Waals surface area contributed by atoms with Gasteiger partial charge in [-0.05, 0) is 44.2 Å². The van der Waals surface area contributed by atoms with E-state index in [-0.39, 0.29) is 0 Å². The Balaban J connectivity index is 1.53. The highest BCUT2D eigenvalue weighted by Gasteiger charge is 2.60. The van der Waals surface area contributed by atoms with Crippen molar-refractivity contribution in [2.24, 2.45) is 0 Å². The number of carbonyl (C=O) groups is 2. The predicted octanol–water partition coefficient (Wildman–Crippen LogP) is 1.47. The van der Waals surface area contributed by atoms with Crippen molar-refractivity contribution in [3.63, 3.8) is 0 Å². The molecule has 14 heteroatoms. The SMILES string of the molecule is COC(=O)CN[P+](O)(OC[C@H]1O[C@@H](N2C=CC(=O)NC2(C)OC)[C@](C)(F)[C@@H]1O)Oc1cccc2c1CCCC2. The molecule has 1 aromatic carbocycles. The number of rotatable bonds is 10. The second kappa shape index (κ2) is 11.6. The molecule has 2 heterocycles. The van der Waals surface area contributed by atoms with Crippen LogP contribution in [0.5, 0.6) is 5.75 Å². The Morgan fingerprint density at radius 2 is 2.05 bits per heavy atom. The summed E-state index contributed by atoms with van der Waals surface area (Å²) in [6.07, 6.45) is 1.83. The first-order chi connectivity index (χ1) is 18.4. The average Bonchev–Trinajstić information content (AvgIpc) is 3.14. The molecule has 2 aliphatic heterocycles. The van der Waals surface area contributed by atoms with Crippen molar-refractivity contribution in [3.8, 4) is 5.75 Å². The molecular weight excluding hydrogens is 536 g/mol. The van der Waals surface area contributed by atoms with Crippen molar-refractivity contribution in [2.75, 3.05) is 27.4 Å². The van der Waals surface area contributed by atoms with Crippen LogP contribution in [-0.2, 0) is 41.2 Å². The van der Waals surface area contributed by atoms with Gasteiger partial charge in [0.25, 0.3) is 0 Å². The topological polar surface area (TPSA) is 148 Å². The zero-order valence-corrected chi connectivity index (χ0v) is 23.3. The fourth-order valence-electron chi connectivity index (χ4n) is 4.91. The summed E-state index contributed by atoms with van der Waals surface area (Å²) in [5, 5.41) is 16.0. The van der Waals surface area contributed by atoms with Gasteiger partial charge in [-0.2, -0.15) is 9.42 Å². The van der Waals surface area contributed by atoms with Crippen LogP contribution in [-0.4, -0.2) is 84.1 Å². The first-order valence-electron chi connectivity index (χ1n) is 12.7. The van der Waals surface area contributed by atoms with Crippen LogP contribution in [0.3, 0.4) is 0 Å². The highest BCUT2D eigenvalue weighted by atomic mass is 31.2. The smallest absolute Gasteiger partial charge is 0.468 e.